The van der Waals surface area contributed by atoms with Gasteiger partial charge in [0.1, 0.15) is 0 Å². The monoisotopic (exact) mass is 328 g/mol. The number of sulfone groups is 1. The van der Waals surface area contributed by atoms with Gasteiger partial charge in [0, 0.05) is 32.1 Å². The first-order valence-corrected chi connectivity index (χ1v) is 10.1. The quantitative estimate of drug-likeness (QED) is 0.730. The van der Waals surface area contributed by atoms with Crippen LogP contribution in [-0.4, -0.2) is 67.7 Å². The molecule has 0 bridgehead atoms. The summed E-state index contributed by atoms with van der Waals surface area (Å²) < 4.78 is 23.1. The zero-order chi connectivity index (χ0) is 15.7. The third-order valence-electron chi connectivity index (χ3n) is 5.16. The number of hydrogen-bond acceptors (Lipinski definition) is 4. The van der Waals surface area contributed by atoms with Gasteiger partial charge in [-0.05, 0) is 25.7 Å². The number of hydrogen-bond donors (Lipinski definition) is 0. The molecule has 1 aliphatic carbocycles. The lowest BCUT2D eigenvalue weighted by molar-refractivity contribution is -0.139. The van der Waals surface area contributed by atoms with E-state index in [-0.39, 0.29) is 35.2 Å². The van der Waals surface area contributed by atoms with E-state index in [0.717, 1.165) is 25.7 Å². The van der Waals surface area contributed by atoms with Gasteiger partial charge in [-0.15, -0.1) is 0 Å². The highest BCUT2D eigenvalue weighted by atomic mass is 32.2. The Hall–Kier alpha value is -1.11. The minimum Gasteiger partial charge on any atom is -0.341 e. The van der Waals surface area contributed by atoms with E-state index in [2.05, 4.69) is 0 Å². The van der Waals surface area contributed by atoms with Crippen LogP contribution < -0.4 is 0 Å². The molecule has 1 atom stereocenters. The Bertz CT molecular complexity index is 556. The summed E-state index contributed by atoms with van der Waals surface area (Å²) in [5.74, 6) is 0.139. The van der Waals surface area contributed by atoms with Crippen LogP contribution in [0.4, 0.5) is 0 Å². The third-order valence-corrected chi connectivity index (χ3v) is 6.92. The average molecular weight is 328 g/mol. The molecule has 0 unspecified atom stereocenters. The number of nitrogens with zero attached hydrogens (tertiary/aromatic N) is 2. The second-order valence-corrected chi connectivity index (χ2v) is 8.96. The molecule has 2 aliphatic heterocycles. The highest BCUT2D eigenvalue weighted by Crippen LogP contribution is 2.29. The first-order chi connectivity index (χ1) is 10.5. The molecule has 124 valence electrons. The van der Waals surface area contributed by atoms with Gasteiger partial charge in [-0.1, -0.05) is 6.42 Å². The van der Waals surface area contributed by atoms with Crippen LogP contribution in [0.1, 0.15) is 32.1 Å². The van der Waals surface area contributed by atoms with E-state index in [1.165, 1.54) is 0 Å². The maximum atomic E-state index is 12.5. The molecule has 0 aromatic rings. The van der Waals surface area contributed by atoms with Gasteiger partial charge >= 0.3 is 0 Å². The molecule has 0 aromatic heterocycles. The molecule has 0 radical (unpaired) electrons. The molecule has 0 N–H and O–H groups in total. The Balaban J connectivity index is 1.56. The summed E-state index contributed by atoms with van der Waals surface area (Å²) in [4.78, 5) is 28.4. The van der Waals surface area contributed by atoms with Gasteiger partial charge in [-0.2, -0.15) is 0 Å². The predicted molar refractivity (Wildman–Crippen MR) is 81.9 cm³/mol. The maximum Gasteiger partial charge on any atom is 0.226 e. The smallest absolute Gasteiger partial charge is 0.226 e. The van der Waals surface area contributed by atoms with Gasteiger partial charge < -0.3 is 9.80 Å². The van der Waals surface area contributed by atoms with Crippen molar-refractivity contribution in [3.63, 3.8) is 0 Å². The van der Waals surface area contributed by atoms with Gasteiger partial charge in [0.25, 0.3) is 0 Å². The molecule has 0 spiro atoms. The second-order valence-electron chi connectivity index (χ2n) is 6.73. The molecular formula is C15H24N2O4S. The van der Waals surface area contributed by atoms with Crippen LogP contribution in [0.5, 0.6) is 0 Å². The van der Waals surface area contributed by atoms with E-state index >= 15 is 0 Å². The minimum absolute atomic E-state index is 0.00689. The summed E-state index contributed by atoms with van der Waals surface area (Å²) in [7, 11) is -3.03. The second kappa shape index (κ2) is 6.18. The Kier molecular flexibility index (Phi) is 4.43. The van der Waals surface area contributed by atoms with Crippen molar-refractivity contribution in [3.05, 3.63) is 0 Å². The van der Waals surface area contributed by atoms with E-state index in [1.54, 1.807) is 4.90 Å². The Labute approximate surface area is 131 Å². The Morgan fingerprint density at radius 2 is 1.36 bits per heavy atom. The van der Waals surface area contributed by atoms with E-state index in [9.17, 15) is 18.0 Å². The SMILES string of the molecule is O=C(C1CCC1)N1CCCN(C(=O)[C@H]2CCS(=O)(=O)C2)CC1. The average Bonchev–Trinajstić information content (AvgIpc) is 2.63. The summed E-state index contributed by atoms with van der Waals surface area (Å²) in [5.41, 5.74) is 0. The van der Waals surface area contributed by atoms with Crippen molar-refractivity contribution in [2.45, 2.75) is 32.1 Å². The molecule has 3 aliphatic rings. The van der Waals surface area contributed by atoms with Crippen LogP contribution in [0.15, 0.2) is 0 Å². The van der Waals surface area contributed by atoms with Crippen LogP contribution in [0, 0.1) is 11.8 Å². The van der Waals surface area contributed by atoms with Crippen molar-refractivity contribution in [3.8, 4) is 0 Å². The molecule has 3 fully saturated rings. The largest absolute Gasteiger partial charge is 0.341 e. The molecule has 22 heavy (non-hydrogen) atoms. The van der Waals surface area contributed by atoms with E-state index in [1.807, 2.05) is 4.90 Å². The van der Waals surface area contributed by atoms with Crippen molar-refractivity contribution in [2.24, 2.45) is 11.8 Å². The van der Waals surface area contributed by atoms with E-state index in [4.69, 9.17) is 0 Å². The van der Waals surface area contributed by atoms with Gasteiger partial charge in [0.05, 0.1) is 17.4 Å². The van der Waals surface area contributed by atoms with Crippen LogP contribution in [0.3, 0.4) is 0 Å². The third kappa shape index (κ3) is 3.29. The molecule has 1 saturated carbocycles. The standard InChI is InChI=1S/C15H24N2O4S/c18-14(12-3-1-4-12)16-6-2-7-17(9-8-16)15(19)13-5-10-22(20,21)11-13/h12-13H,1-11H2/t13-/m0/s1. The first kappa shape index (κ1) is 15.8. The fraction of sp³-hybridized carbons (Fsp3) is 0.867. The number of carbonyl (C=O) groups excluding carboxylic acids is 2. The van der Waals surface area contributed by atoms with Crippen molar-refractivity contribution in [2.75, 3.05) is 37.7 Å². The van der Waals surface area contributed by atoms with E-state index < -0.39 is 9.84 Å². The maximum absolute atomic E-state index is 12.5. The molecule has 6 nitrogen and oxygen atoms in total. The zero-order valence-electron chi connectivity index (χ0n) is 12.9. The predicted octanol–water partition coefficient (Wildman–Crippen LogP) is 0.282. The van der Waals surface area contributed by atoms with Crippen molar-refractivity contribution in [1.82, 2.24) is 9.80 Å². The molecule has 3 rings (SSSR count). The lowest BCUT2D eigenvalue weighted by atomic mass is 9.84. The summed E-state index contributed by atoms with van der Waals surface area (Å²) in [6.45, 7) is 2.46. The highest BCUT2D eigenvalue weighted by Gasteiger charge is 2.36. The van der Waals surface area contributed by atoms with E-state index in [0.29, 0.717) is 32.6 Å². The first-order valence-electron chi connectivity index (χ1n) is 8.24. The van der Waals surface area contributed by atoms with Crippen molar-refractivity contribution in [1.29, 1.82) is 0 Å². The number of amides is 2. The molecule has 7 heteroatoms. The van der Waals surface area contributed by atoms with Gasteiger partial charge in [0.15, 0.2) is 9.84 Å². The topological polar surface area (TPSA) is 74.8 Å². The Morgan fingerprint density at radius 1 is 0.773 bits per heavy atom. The van der Waals surface area contributed by atoms with Gasteiger partial charge in [-0.3, -0.25) is 9.59 Å². The molecule has 0 aromatic carbocycles. The molecular weight excluding hydrogens is 304 g/mol. The highest BCUT2D eigenvalue weighted by molar-refractivity contribution is 7.91. The Morgan fingerprint density at radius 3 is 1.82 bits per heavy atom. The van der Waals surface area contributed by atoms with Gasteiger partial charge in [-0.25, -0.2) is 8.42 Å². The molecule has 2 amide bonds. The fourth-order valence-corrected chi connectivity index (χ4v) is 5.25. The summed E-state index contributed by atoms with van der Waals surface area (Å²) in [6, 6.07) is 0. The number of rotatable bonds is 2. The normalized spacial score (nSPS) is 29.0. The van der Waals surface area contributed by atoms with Crippen molar-refractivity contribution < 1.29 is 18.0 Å². The lowest BCUT2D eigenvalue weighted by Gasteiger charge is -2.31. The summed E-state index contributed by atoms with van der Waals surface area (Å²) >= 11 is 0. The van der Waals surface area contributed by atoms with Crippen LogP contribution >= 0.6 is 0 Å². The summed E-state index contributed by atoms with van der Waals surface area (Å²) in [6.07, 6.45) is 4.37. The molecule has 2 heterocycles. The number of carbonyl (C=O) groups is 2. The van der Waals surface area contributed by atoms with Crippen LogP contribution in [0.2, 0.25) is 0 Å². The zero-order valence-corrected chi connectivity index (χ0v) is 13.7. The minimum atomic E-state index is -3.03. The van der Waals surface area contributed by atoms with Crippen LogP contribution in [-0.2, 0) is 19.4 Å². The summed E-state index contributed by atoms with van der Waals surface area (Å²) in [5, 5.41) is 0. The fourth-order valence-electron chi connectivity index (χ4n) is 3.52. The molecule has 2 saturated heterocycles. The van der Waals surface area contributed by atoms with Crippen molar-refractivity contribution >= 4 is 21.7 Å². The lowest BCUT2D eigenvalue weighted by Crippen LogP contribution is -2.42. The van der Waals surface area contributed by atoms with Crippen LogP contribution in [0.25, 0.3) is 0 Å². The van der Waals surface area contributed by atoms with Gasteiger partial charge in [0.2, 0.25) is 11.8 Å².